The Bertz CT molecular complexity index is 429. The normalized spacial score (nSPS) is 20.7. The predicted molar refractivity (Wildman–Crippen MR) is 89.8 cm³/mol. The summed E-state index contributed by atoms with van der Waals surface area (Å²) in [6, 6.07) is 9.35. The summed E-state index contributed by atoms with van der Waals surface area (Å²) in [5.41, 5.74) is 3.11. The van der Waals surface area contributed by atoms with E-state index in [4.69, 9.17) is 4.74 Å². The van der Waals surface area contributed by atoms with Crippen molar-refractivity contribution in [2.75, 3.05) is 13.2 Å². The van der Waals surface area contributed by atoms with E-state index in [2.05, 4.69) is 57.3 Å². The van der Waals surface area contributed by atoms with Crippen LogP contribution < -0.4 is 5.32 Å². The number of ether oxygens (including phenoxy) is 1. The zero-order valence-corrected chi connectivity index (χ0v) is 14.1. The van der Waals surface area contributed by atoms with Gasteiger partial charge < -0.3 is 10.1 Å². The maximum atomic E-state index is 5.79. The smallest absolute Gasteiger partial charge is 0.0576 e. The monoisotopic (exact) mass is 289 g/mol. The van der Waals surface area contributed by atoms with Gasteiger partial charge in [-0.15, -0.1) is 0 Å². The number of hydrogen-bond acceptors (Lipinski definition) is 2. The van der Waals surface area contributed by atoms with Gasteiger partial charge in [-0.1, -0.05) is 52.0 Å². The molecule has 21 heavy (non-hydrogen) atoms. The van der Waals surface area contributed by atoms with E-state index < -0.39 is 0 Å². The second-order valence-electron chi connectivity index (χ2n) is 7.16. The summed E-state index contributed by atoms with van der Waals surface area (Å²) >= 11 is 0. The van der Waals surface area contributed by atoms with Gasteiger partial charge >= 0.3 is 0 Å². The third-order valence-corrected chi connectivity index (χ3v) is 4.40. The molecule has 2 heteroatoms. The average molecular weight is 289 g/mol. The second kappa shape index (κ2) is 7.42. The number of hydrogen-bond donors (Lipinski definition) is 1. The summed E-state index contributed by atoms with van der Waals surface area (Å²) in [6.45, 7) is 11.1. The van der Waals surface area contributed by atoms with Crippen LogP contribution in [0.1, 0.15) is 70.5 Å². The Labute approximate surface area is 130 Å². The van der Waals surface area contributed by atoms with Crippen LogP contribution in [0.25, 0.3) is 0 Å². The maximum absolute atomic E-state index is 5.79. The van der Waals surface area contributed by atoms with Crippen LogP contribution in [-0.4, -0.2) is 19.3 Å². The molecule has 1 aliphatic heterocycles. The van der Waals surface area contributed by atoms with Crippen molar-refractivity contribution < 1.29 is 4.74 Å². The summed E-state index contributed by atoms with van der Waals surface area (Å²) < 4.78 is 5.79. The van der Waals surface area contributed by atoms with E-state index in [1.165, 1.54) is 24.0 Å². The summed E-state index contributed by atoms with van der Waals surface area (Å²) in [7, 11) is 0. The van der Waals surface area contributed by atoms with Crippen LogP contribution >= 0.6 is 0 Å². The van der Waals surface area contributed by atoms with Gasteiger partial charge in [-0.25, -0.2) is 0 Å². The number of nitrogens with one attached hydrogen (secondary N) is 1. The molecule has 0 radical (unpaired) electrons. The molecule has 0 bridgehead atoms. The van der Waals surface area contributed by atoms with Gasteiger partial charge in [-0.3, -0.25) is 0 Å². The first-order chi connectivity index (χ1) is 10.0. The number of benzene rings is 1. The molecule has 0 aromatic heterocycles. The molecule has 2 rings (SSSR count). The quantitative estimate of drug-likeness (QED) is 0.826. The van der Waals surface area contributed by atoms with E-state index in [1.807, 2.05) is 0 Å². The van der Waals surface area contributed by atoms with E-state index in [1.54, 1.807) is 0 Å². The minimum Gasteiger partial charge on any atom is -0.378 e. The Hall–Kier alpha value is -0.860. The lowest BCUT2D eigenvalue weighted by atomic mass is 9.81. The molecule has 0 amide bonds. The van der Waals surface area contributed by atoms with Crippen LogP contribution in [0.15, 0.2) is 24.3 Å². The van der Waals surface area contributed by atoms with E-state index in [0.717, 1.165) is 26.0 Å². The highest BCUT2D eigenvalue weighted by atomic mass is 16.5. The van der Waals surface area contributed by atoms with Crippen molar-refractivity contribution in [1.29, 1.82) is 0 Å². The fraction of sp³-hybridized carbons (Fsp3) is 0.684. The largest absolute Gasteiger partial charge is 0.378 e. The molecule has 1 saturated heterocycles. The van der Waals surface area contributed by atoms with Gasteiger partial charge in [0.05, 0.1) is 6.10 Å². The molecule has 1 aromatic carbocycles. The Kier molecular flexibility index (Phi) is 5.83. The SMILES string of the molecule is CCNC(CCC1CCCO1)c1ccccc1C(C)(C)C. The van der Waals surface area contributed by atoms with E-state index in [0.29, 0.717) is 12.1 Å². The molecule has 1 heterocycles. The topological polar surface area (TPSA) is 21.3 Å². The fourth-order valence-corrected chi connectivity index (χ4v) is 3.32. The van der Waals surface area contributed by atoms with Crippen molar-refractivity contribution in [2.45, 2.75) is 70.9 Å². The Morgan fingerprint density at radius 2 is 2.05 bits per heavy atom. The minimum atomic E-state index is 0.189. The van der Waals surface area contributed by atoms with Crippen molar-refractivity contribution in [1.82, 2.24) is 5.32 Å². The lowest BCUT2D eigenvalue weighted by Crippen LogP contribution is -2.26. The summed E-state index contributed by atoms with van der Waals surface area (Å²) in [4.78, 5) is 0. The zero-order valence-electron chi connectivity index (χ0n) is 14.1. The molecule has 2 nitrogen and oxygen atoms in total. The van der Waals surface area contributed by atoms with E-state index in [9.17, 15) is 0 Å². The molecule has 0 spiro atoms. The second-order valence-corrected chi connectivity index (χ2v) is 7.16. The Morgan fingerprint density at radius 3 is 2.67 bits per heavy atom. The highest BCUT2D eigenvalue weighted by Crippen LogP contribution is 2.32. The van der Waals surface area contributed by atoms with Gasteiger partial charge in [0.25, 0.3) is 0 Å². The summed E-state index contributed by atoms with van der Waals surface area (Å²) in [5.74, 6) is 0. The van der Waals surface area contributed by atoms with Crippen LogP contribution in [-0.2, 0) is 10.2 Å². The maximum Gasteiger partial charge on any atom is 0.0576 e. The molecular formula is C19H31NO. The highest BCUT2D eigenvalue weighted by molar-refractivity contribution is 5.35. The van der Waals surface area contributed by atoms with Gasteiger partial charge in [-0.05, 0) is 48.8 Å². The molecule has 0 saturated carbocycles. The predicted octanol–water partition coefficient (Wildman–Crippen LogP) is 4.59. The van der Waals surface area contributed by atoms with Gasteiger partial charge in [0.2, 0.25) is 0 Å². The zero-order chi connectivity index (χ0) is 15.3. The molecule has 2 unspecified atom stereocenters. The Morgan fingerprint density at radius 1 is 1.29 bits per heavy atom. The molecule has 1 aliphatic rings. The lowest BCUT2D eigenvalue weighted by Gasteiger charge is -2.28. The van der Waals surface area contributed by atoms with Gasteiger partial charge in [0.15, 0.2) is 0 Å². The molecule has 0 aliphatic carbocycles. The van der Waals surface area contributed by atoms with Crippen molar-refractivity contribution in [3.8, 4) is 0 Å². The van der Waals surface area contributed by atoms with Crippen LogP contribution in [0.5, 0.6) is 0 Å². The fourth-order valence-electron chi connectivity index (χ4n) is 3.32. The summed E-state index contributed by atoms with van der Waals surface area (Å²) in [6.07, 6.45) is 5.27. The molecular weight excluding hydrogens is 258 g/mol. The average Bonchev–Trinajstić information content (AvgIpc) is 2.96. The summed E-state index contributed by atoms with van der Waals surface area (Å²) in [5, 5.41) is 3.68. The first-order valence-electron chi connectivity index (χ1n) is 8.46. The van der Waals surface area contributed by atoms with Crippen LogP contribution in [0.2, 0.25) is 0 Å². The van der Waals surface area contributed by atoms with Gasteiger partial charge in [0.1, 0.15) is 0 Å². The van der Waals surface area contributed by atoms with Crippen LogP contribution in [0, 0.1) is 0 Å². The molecule has 118 valence electrons. The van der Waals surface area contributed by atoms with Crippen molar-refractivity contribution in [2.24, 2.45) is 0 Å². The minimum absolute atomic E-state index is 0.189. The standard InChI is InChI=1S/C19H31NO/c1-5-20-18(13-12-15-9-8-14-21-15)16-10-6-7-11-17(16)19(2,3)4/h6-7,10-11,15,18,20H,5,8-9,12-14H2,1-4H3. The lowest BCUT2D eigenvalue weighted by molar-refractivity contribution is 0.0996. The van der Waals surface area contributed by atoms with Crippen LogP contribution in [0.4, 0.5) is 0 Å². The number of rotatable bonds is 6. The van der Waals surface area contributed by atoms with E-state index in [-0.39, 0.29) is 5.41 Å². The molecule has 1 fully saturated rings. The van der Waals surface area contributed by atoms with Crippen LogP contribution in [0.3, 0.4) is 0 Å². The third kappa shape index (κ3) is 4.55. The first-order valence-corrected chi connectivity index (χ1v) is 8.46. The first kappa shape index (κ1) is 16.5. The molecule has 1 N–H and O–H groups in total. The van der Waals surface area contributed by atoms with Crippen molar-refractivity contribution >= 4 is 0 Å². The highest BCUT2D eigenvalue weighted by Gasteiger charge is 2.23. The Balaban J connectivity index is 2.13. The van der Waals surface area contributed by atoms with Gasteiger partial charge in [0, 0.05) is 12.6 Å². The molecule has 1 aromatic rings. The third-order valence-electron chi connectivity index (χ3n) is 4.40. The van der Waals surface area contributed by atoms with Crippen molar-refractivity contribution in [3.05, 3.63) is 35.4 Å². The van der Waals surface area contributed by atoms with Gasteiger partial charge in [-0.2, -0.15) is 0 Å². The molecule has 2 atom stereocenters. The van der Waals surface area contributed by atoms with E-state index >= 15 is 0 Å². The van der Waals surface area contributed by atoms with Crippen molar-refractivity contribution in [3.63, 3.8) is 0 Å².